The summed E-state index contributed by atoms with van der Waals surface area (Å²) in [6, 6.07) is 9.71. The van der Waals surface area contributed by atoms with Crippen LogP contribution in [0.3, 0.4) is 0 Å². The molecule has 2 aromatic heterocycles. The van der Waals surface area contributed by atoms with Crippen molar-refractivity contribution in [1.29, 1.82) is 0 Å². The third kappa shape index (κ3) is 1.97. The number of aromatic nitrogens is 3. The first-order chi connectivity index (χ1) is 9.47. The summed E-state index contributed by atoms with van der Waals surface area (Å²) in [7, 11) is 0. The van der Waals surface area contributed by atoms with Gasteiger partial charge >= 0.3 is 6.18 Å². The van der Waals surface area contributed by atoms with E-state index in [4.69, 9.17) is 5.73 Å². The number of benzene rings is 1. The Balaban J connectivity index is 2.31. The Kier molecular flexibility index (Phi) is 2.63. The molecule has 0 fully saturated rings. The molecule has 1 aromatic carbocycles. The van der Waals surface area contributed by atoms with Gasteiger partial charge < -0.3 is 5.73 Å². The van der Waals surface area contributed by atoms with Crippen LogP contribution < -0.4 is 5.73 Å². The number of nitrogen functional groups attached to an aromatic ring is 1. The van der Waals surface area contributed by atoms with Gasteiger partial charge in [0.2, 0.25) is 0 Å². The minimum atomic E-state index is -4.55. The minimum absolute atomic E-state index is 0.0866. The van der Waals surface area contributed by atoms with Crippen LogP contribution in [0.2, 0.25) is 0 Å². The van der Waals surface area contributed by atoms with Crippen molar-refractivity contribution >= 4 is 11.5 Å². The van der Waals surface area contributed by atoms with E-state index in [0.717, 1.165) is 16.1 Å². The Hall–Kier alpha value is -2.57. The maximum Gasteiger partial charge on any atom is 0.433 e. The molecule has 20 heavy (non-hydrogen) atoms. The molecule has 0 aliphatic carbocycles. The molecule has 0 saturated heterocycles. The van der Waals surface area contributed by atoms with Gasteiger partial charge in [-0.15, -0.1) is 0 Å². The number of fused-ring (bicyclic) bond motifs is 1. The smallest absolute Gasteiger partial charge is 0.384 e. The molecule has 3 rings (SSSR count). The summed E-state index contributed by atoms with van der Waals surface area (Å²) >= 11 is 0. The van der Waals surface area contributed by atoms with E-state index >= 15 is 0 Å². The summed E-state index contributed by atoms with van der Waals surface area (Å²) in [5.74, 6) is -0.192. The molecule has 2 N–H and O–H groups in total. The van der Waals surface area contributed by atoms with Crippen LogP contribution in [0.1, 0.15) is 5.69 Å². The van der Waals surface area contributed by atoms with Gasteiger partial charge in [-0.3, -0.25) is 0 Å². The first-order valence-corrected chi connectivity index (χ1v) is 5.73. The topological polar surface area (TPSA) is 56.2 Å². The van der Waals surface area contributed by atoms with Crippen LogP contribution in [-0.4, -0.2) is 14.6 Å². The molecule has 0 saturated carbocycles. The Morgan fingerprint density at radius 3 is 2.45 bits per heavy atom. The SMILES string of the molecule is Nc1cc(C(F)(F)F)n2ncc(-c3ccccc3)c2n1. The molecule has 0 radical (unpaired) electrons. The fourth-order valence-electron chi connectivity index (χ4n) is 2.00. The average molecular weight is 278 g/mol. The molecule has 102 valence electrons. The van der Waals surface area contributed by atoms with Gasteiger partial charge in [0.05, 0.1) is 6.20 Å². The maximum atomic E-state index is 13.0. The molecule has 0 amide bonds. The molecule has 0 atom stereocenters. The summed E-state index contributed by atoms with van der Waals surface area (Å²) in [4.78, 5) is 3.96. The van der Waals surface area contributed by atoms with Crippen LogP contribution in [0.15, 0.2) is 42.6 Å². The first kappa shape index (κ1) is 12.5. The predicted molar refractivity (Wildman–Crippen MR) is 67.8 cm³/mol. The van der Waals surface area contributed by atoms with E-state index in [2.05, 4.69) is 10.1 Å². The van der Waals surface area contributed by atoms with Gasteiger partial charge in [-0.25, -0.2) is 9.50 Å². The fourth-order valence-corrected chi connectivity index (χ4v) is 2.00. The Morgan fingerprint density at radius 1 is 1.10 bits per heavy atom. The number of nitrogens with zero attached hydrogens (tertiary/aromatic N) is 3. The maximum absolute atomic E-state index is 13.0. The zero-order chi connectivity index (χ0) is 14.3. The standard InChI is InChI=1S/C13H9F3N4/c14-13(15,16)10-6-11(17)19-12-9(7-18-20(10)12)8-4-2-1-3-5-8/h1-7H,(H2,17,19). The van der Waals surface area contributed by atoms with Gasteiger partial charge in [-0.05, 0) is 5.56 Å². The first-order valence-electron chi connectivity index (χ1n) is 5.73. The van der Waals surface area contributed by atoms with Crippen molar-refractivity contribution in [2.75, 3.05) is 5.73 Å². The van der Waals surface area contributed by atoms with E-state index < -0.39 is 11.9 Å². The van der Waals surface area contributed by atoms with Crippen molar-refractivity contribution in [3.63, 3.8) is 0 Å². The number of rotatable bonds is 1. The lowest BCUT2D eigenvalue weighted by atomic mass is 10.1. The monoisotopic (exact) mass is 278 g/mol. The summed E-state index contributed by atoms with van der Waals surface area (Å²) < 4.78 is 39.7. The van der Waals surface area contributed by atoms with Crippen molar-refractivity contribution in [1.82, 2.24) is 14.6 Å². The highest BCUT2D eigenvalue weighted by molar-refractivity contribution is 5.77. The van der Waals surface area contributed by atoms with Gasteiger partial charge in [0.1, 0.15) is 5.82 Å². The normalized spacial score (nSPS) is 11.9. The van der Waals surface area contributed by atoms with Gasteiger partial charge in [-0.1, -0.05) is 30.3 Å². The van der Waals surface area contributed by atoms with Gasteiger partial charge in [0.15, 0.2) is 11.3 Å². The van der Waals surface area contributed by atoms with Crippen LogP contribution in [0, 0.1) is 0 Å². The number of halogens is 3. The number of nitrogens with two attached hydrogens (primary N) is 1. The predicted octanol–water partition coefficient (Wildman–Crippen LogP) is 3.00. The third-order valence-corrected chi connectivity index (χ3v) is 2.87. The quantitative estimate of drug-likeness (QED) is 0.744. The number of hydrogen-bond acceptors (Lipinski definition) is 3. The minimum Gasteiger partial charge on any atom is -0.384 e. The van der Waals surface area contributed by atoms with Crippen molar-refractivity contribution in [2.45, 2.75) is 6.18 Å². The van der Waals surface area contributed by atoms with Gasteiger partial charge in [0, 0.05) is 11.6 Å². The van der Waals surface area contributed by atoms with E-state index in [9.17, 15) is 13.2 Å². The van der Waals surface area contributed by atoms with Crippen LogP contribution in [0.25, 0.3) is 16.8 Å². The molecule has 0 bridgehead atoms. The second kappa shape index (κ2) is 4.22. The van der Waals surface area contributed by atoms with Crippen molar-refractivity contribution in [2.24, 2.45) is 0 Å². The van der Waals surface area contributed by atoms with Crippen molar-refractivity contribution in [3.8, 4) is 11.1 Å². The fraction of sp³-hybridized carbons (Fsp3) is 0.0769. The number of anilines is 1. The molecule has 0 spiro atoms. The molecule has 0 aliphatic heterocycles. The summed E-state index contributed by atoms with van der Waals surface area (Å²) in [6.07, 6.45) is -3.19. The van der Waals surface area contributed by atoms with Crippen LogP contribution in [0.4, 0.5) is 19.0 Å². The zero-order valence-corrected chi connectivity index (χ0v) is 10.1. The lowest BCUT2D eigenvalue weighted by molar-refractivity contribution is -0.142. The number of alkyl halides is 3. The van der Waals surface area contributed by atoms with E-state index in [1.54, 1.807) is 24.3 Å². The number of hydrogen-bond donors (Lipinski definition) is 1. The van der Waals surface area contributed by atoms with Gasteiger partial charge in [0.25, 0.3) is 0 Å². The van der Waals surface area contributed by atoms with E-state index in [1.165, 1.54) is 6.20 Å². The summed E-state index contributed by atoms with van der Waals surface area (Å²) in [5.41, 5.74) is 5.85. The highest BCUT2D eigenvalue weighted by Crippen LogP contribution is 2.32. The lowest BCUT2D eigenvalue weighted by Gasteiger charge is -2.09. The second-order valence-electron chi connectivity index (χ2n) is 4.22. The summed E-state index contributed by atoms with van der Waals surface area (Å²) in [6.45, 7) is 0. The molecule has 2 heterocycles. The highest BCUT2D eigenvalue weighted by Gasteiger charge is 2.35. The Labute approximate surface area is 111 Å². The molecular weight excluding hydrogens is 269 g/mol. The van der Waals surface area contributed by atoms with Crippen molar-refractivity contribution < 1.29 is 13.2 Å². The largest absolute Gasteiger partial charge is 0.433 e. The molecule has 3 aromatic rings. The lowest BCUT2D eigenvalue weighted by Crippen LogP contribution is -2.14. The zero-order valence-electron chi connectivity index (χ0n) is 10.1. The third-order valence-electron chi connectivity index (χ3n) is 2.87. The van der Waals surface area contributed by atoms with Crippen molar-refractivity contribution in [3.05, 3.63) is 48.3 Å². The highest BCUT2D eigenvalue weighted by atomic mass is 19.4. The Morgan fingerprint density at radius 2 is 1.80 bits per heavy atom. The van der Waals surface area contributed by atoms with E-state index in [0.29, 0.717) is 5.56 Å². The van der Waals surface area contributed by atoms with Gasteiger partial charge in [-0.2, -0.15) is 18.3 Å². The second-order valence-corrected chi connectivity index (χ2v) is 4.22. The van der Waals surface area contributed by atoms with E-state index in [-0.39, 0.29) is 11.5 Å². The van der Waals surface area contributed by atoms with Crippen LogP contribution in [0.5, 0.6) is 0 Å². The van der Waals surface area contributed by atoms with Crippen LogP contribution >= 0.6 is 0 Å². The summed E-state index contributed by atoms with van der Waals surface area (Å²) in [5, 5.41) is 3.78. The molecule has 0 unspecified atom stereocenters. The molecule has 0 aliphatic rings. The molecule has 7 heteroatoms. The van der Waals surface area contributed by atoms with E-state index in [1.807, 2.05) is 6.07 Å². The molecule has 4 nitrogen and oxygen atoms in total. The Bertz CT molecular complexity index is 762. The van der Waals surface area contributed by atoms with Crippen LogP contribution in [-0.2, 0) is 6.18 Å². The average Bonchev–Trinajstić information content (AvgIpc) is 2.81. The molecular formula is C13H9F3N4.